The predicted molar refractivity (Wildman–Crippen MR) is 123 cm³/mol. The summed E-state index contributed by atoms with van der Waals surface area (Å²) in [4.78, 5) is 17.0. The van der Waals surface area contributed by atoms with Crippen molar-refractivity contribution in [2.24, 2.45) is 0 Å². The number of nitrogens with zero attached hydrogens (tertiary/aromatic N) is 3. The van der Waals surface area contributed by atoms with Crippen molar-refractivity contribution >= 4 is 34.1 Å². The van der Waals surface area contributed by atoms with Gasteiger partial charge < -0.3 is 10.1 Å². The minimum Gasteiger partial charge on any atom is -0.494 e. The molecule has 0 radical (unpaired) electrons. The lowest BCUT2D eigenvalue weighted by Gasteiger charge is -2.07. The van der Waals surface area contributed by atoms with Crippen LogP contribution in [-0.2, 0) is 4.79 Å². The lowest BCUT2D eigenvalue weighted by molar-refractivity contribution is -0.115. The van der Waals surface area contributed by atoms with Crippen LogP contribution in [0.25, 0.3) is 33.3 Å². The third kappa shape index (κ3) is 3.84. The van der Waals surface area contributed by atoms with Gasteiger partial charge in [0.15, 0.2) is 0 Å². The van der Waals surface area contributed by atoms with E-state index in [0.717, 1.165) is 34.0 Å². The van der Waals surface area contributed by atoms with Crippen molar-refractivity contribution in [1.29, 1.82) is 0 Å². The highest BCUT2D eigenvalue weighted by Crippen LogP contribution is 2.44. The fraction of sp³-hybridized carbons (Fsp3) is 0.167. The Morgan fingerprint density at radius 1 is 0.968 bits per heavy atom. The van der Waals surface area contributed by atoms with Gasteiger partial charge in [0.1, 0.15) is 17.1 Å². The third-order valence-corrected chi connectivity index (χ3v) is 5.93. The molecule has 3 aromatic carbocycles. The van der Waals surface area contributed by atoms with Crippen molar-refractivity contribution in [1.82, 2.24) is 15.2 Å². The van der Waals surface area contributed by atoms with Gasteiger partial charge in [-0.1, -0.05) is 48.2 Å². The molecule has 0 spiro atoms. The zero-order chi connectivity index (χ0) is 21.2. The number of thioether (sulfide) groups is 1. The van der Waals surface area contributed by atoms with Crippen LogP contribution in [0, 0.1) is 0 Å². The topological polar surface area (TPSA) is 77.0 Å². The molecule has 0 atom stereocenters. The van der Waals surface area contributed by atoms with E-state index in [1.54, 1.807) is 0 Å². The first kappa shape index (κ1) is 19.5. The van der Waals surface area contributed by atoms with Crippen molar-refractivity contribution < 1.29 is 9.53 Å². The predicted octanol–water partition coefficient (Wildman–Crippen LogP) is 5.19. The molecule has 1 N–H and O–H groups in total. The normalized spacial score (nSPS) is 11.4. The standard InChI is InChI=1S/C24H20N4O2S/c1-2-30-17-11-9-16(10-12-17)25-20(29)13-14-31-24-26-22-18-7-3-5-15-6-4-8-19(21(15)18)23(22)27-28-24/h3-12H,2,13-14H2,1H3,(H,25,29). The maximum absolute atomic E-state index is 12.3. The molecule has 1 amide bonds. The first-order valence-corrected chi connectivity index (χ1v) is 11.1. The van der Waals surface area contributed by atoms with Crippen molar-refractivity contribution in [2.45, 2.75) is 18.5 Å². The summed E-state index contributed by atoms with van der Waals surface area (Å²) in [6, 6.07) is 19.8. The molecule has 154 valence electrons. The molecule has 0 aliphatic heterocycles. The van der Waals surface area contributed by atoms with E-state index in [1.165, 1.54) is 22.5 Å². The second-order valence-corrected chi connectivity index (χ2v) is 8.17. The van der Waals surface area contributed by atoms with E-state index in [0.29, 0.717) is 23.9 Å². The van der Waals surface area contributed by atoms with Crippen molar-refractivity contribution in [3.8, 4) is 28.3 Å². The van der Waals surface area contributed by atoms with Gasteiger partial charge >= 0.3 is 0 Å². The molecule has 1 aliphatic carbocycles. The molecule has 1 aliphatic rings. The molecule has 0 bridgehead atoms. The molecular weight excluding hydrogens is 408 g/mol. The Hall–Kier alpha value is -3.45. The molecule has 0 saturated carbocycles. The number of carbonyl (C=O) groups is 1. The first-order chi connectivity index (χ1) is 15.2. The summed E-state index contributed by atoms with van der Waals surface area (Å²) in [5.74, 6) is 1.30. The first-order valence-electron chi connectivity index (χ1n) is 10.2. The average molecular weight is 429 g/mol. The van der Waals surface area contributed by atoms with Gasteiger partial charge in [-0.3, -0.25) is 4.79 Å². The Bertz CT molecular complexity index is 1270. The summed E-state index contributed by atoms with van der Waals surface area (Å²) in [5, 5.41) is 14.6. The number of aromatic nitrogens is 3. The van der Waals surface area contributed by atoms with Crippen LogP contribution in [0.3, 0.4) is 0 Å². The van der Waals surface area contributed by atoms with Crippen LogP contribution in [0.2, 0.25) is 0 Å². The summed E-state index contributed by atoms with van der Waals surface area (Å²) >= 11 is 1.44. The number of carbonyl (C=O) groups excluding carboxylic acids is 1. The lowest BCUT2D eigenvalue weighted by atomic mass is 10.0. The van der Waals surface area contributed by atoms with Crippen LogP contribution in [0.5, 0.6) is 5.75 Å². The van der Waals surface area contributed by atoms with Crippen LogP contribution >= 0.6 is 11.8 Å². The third-order valence-electron chi connectivity index (χ3n) is 5.09. The molecule has 1 heterocycles. The van der Waals surface area contributed by atoms with Crippen LogP contribution in [0.15, 0.2) is 65.8 Å². The van der Waals surface area contributed by atoms with Gasteiger partial charge in [0, 0.05) is 34.4 Å². The van der Waals surface area contributed by atoms with Gasteiger partial charge in [0.25, 0.3) is 0 Å². The van der Waals surface area contributed by atoms with Crippen molar-refractivity contribution in [3.63, 3.8) is 0 Å². The second kappa shape index (κ2) is 8.35. The molecule has 0 saturated heterocycles. The number of anilines is 1. The molecular formula is C24H20N4O2S. The minimum atomic E-state index is -0.0528. The quantitative estimate of drug-likeness (QED) is 0.360. The molecule has 0 unspecified atom stereocenters. The van der Waals surface area contributed by atoms with Gasteiger partial charge in [0.2, 0.25) is 11.1 Å². The molecule has 7 heteroatoms. The van der Waals surface area contributed by atoms with Gasteiger partial charge in [-0.2, -0.15) is 0 Å². The number of hydrogen-bond donors (Lipinski definition) is 1. The smallest absolute Gasteiger partial charge is 0.225 e. The second-order valence-electron chi connectivity index (χ2n) is 7.10. The SMILES string of the molecule is CCOc1ccc(NC(=O)CCSc2nnc3c(n2)-c2cccc4cccc-3c24)cc1. The zero-order valence-corrected chi connectivity index (χ0v) is 17.8. The van der Waals surface area contributed by atoms with Crippen molar-refractivity contribution in [3.05, 3.63) is 60.7 Å². The number of benzene rings is 3. The highest BCUT2D eigenvalue weighted by Gasteiger charge is 2.24. The van der Waals surface area contributed by atoms with Crippen LogP contribution in [-0.4, -0.2) is 33.4 Å². The Morgan fingerprint density at radius 2 is 1.71 bits per heavy atom. The Kier molecular flexibility index (Phi) is 5.26. The maximum atomic E-state index is 12.3. The number of nitrogens with one attached hydrogen (secondary N) is 1. The minimum absolute atomic E-state index is 0.0528. The zero-order valence-electron chi connectivity index (χ0n) is 17.0. The average Bonchev–Trinajstić information content (AvgIpc) is 3.11. The maximum Gasteiger partial charge on any atom is 0.225 e. The van der Waals surface area contributed by atoms with Crippen molar-refractivity contribution in [2.75, 3.05) is 17.7 Å². The molecule has 31 heavy (non-hydrogen) atoms. The highest BCUT2D eigenvalue weighted by molar-refractivity contribution is 7.99. The molecule has 5 rings (SSSR count). The number of amides is 1. The lowest BCUT2D eigenvalue weighted by Crippen LogP contribution is -2.12. The van der Waals surface area contributed by atoms with Gasteiger partial charge in [-0.15, -0.1) is 10.2 Å². The summed E-state index contributed by atoms with van der Waals surface area (Å²) in [6.07, 6.45) is 0.355. The number of hydrogen-bond acceptors (Lipinski definition) is 6. The van der Waals surface area contributed by atoms with E-state index in [1.807, 2.05) is 43.3 Å². The fourth-order valence-electron chi connectivity index (χ4n) is 3.74. The molecule has 4 aromatic rings. The van der Waals surface area contributed by atoms with E-state index in [-0.39, 0.29) is 5.91 Å². The van der Waals surface area contributed by atoms with E-state index in [9.17, 15) is 4.79 Å². The fourth-order valence-corrected chi connectivity index (χ4v) is 4.46. The van der Waals surface area contributed by atoms with E-state index in [2.05, 4.69) is 39.8 Å². The van der Waals surface area contributed by atoms with Crippen LogP contribution < -0.4 is 10.1 Å². The summed E-state index contributed by atoms with van der Waals surface area (Å²) < 4.78 is 5.41. The summed E-state index contributed by atoms with van der Waals surface area (Å²) in [6.45, 7) is 2.55. The van der Waals surface area contributed by atoms with Gasteiger partial charge in [-0.25, -0.2) is 4.98 Å². The van der Waals surface area contributed by atoms with Gasteiger partial charge in [-0.05, 0) is 36.6 Å². The Morgan fingerprint density at radius 3 is 2.45 bits per heavy atom. The van der Waals surface area contributed by atoms with E-state index >= 15 is 0 Å². The Labute approximate surface area is 184 Å². The number of rotatable bonds is 7. The van der Waals surface area contributed by atoms with E-state index < -0.39 is 0 Å². The molecule has 0 fully saturated rings. The number of ether oxygens (including phenoxy) is 1. The van der Waals surface area contributed by atoms with Crippen LogP contribution in [0.1, 0.15) is 13.3 Å². The molecule has 1 aromatic heterocycles. The van der Waals surface area contributed by atoms with Crippen LogP contribution in [0.4, 0.5) is 5.69 Å². The summed E-state index contributed by atoms with van der Waals surface area (Å²) in [5.41, 5.74) is 4.61. The number of fused-ring (bicyclic) bond motifs is 3. The largest absolute Gasteiger partial charge is 0.494 e. The van der Waals surface area contributed by atoms with Gasteiger partial charge in [0.05, 0.1) is 6.61 Å². The Balaban J connectivity index is 1.23. The highest BCUT2D eigenvalue weighted by atomic mass is 32.2. The van der Waals surface area contributed by atoms with E-state index in [4.69, 9.17) is 9.72 Å². The summed E-state index contributed by atoms with van der Waals surface area (Å²) in [7, 11) is 0. The monoisotopic (exact) mass is 428 g/mol. The molecule has 6 nitrogen and oxygen atoms in total.